The van der Waals surface area contributed by atoms with E-state index in [1.165, 1.54) is 0 Å². The van der Waals surface area contributed by atoms with Gasteiger partial charge in [-0.15, -0.1) is 0 Å². The molecule has 0 aliphatic heterocycles. The molecule has 19 heavy (non-hydrogen) atoms. The van der Waals surface area contributed by atoms with E-state index in [-0.39, 0.29) is 0 Å². The highest BCUT2D eigenvalue weighted by atomic mass is 79.9. The summed E-state index contributed by atoms with van der Waals surface area (Å²) in [5, 5.41) is 5.45. The summed E-state index contributed by atoms with van der Waals surface area (Å²) >= 11 is 3.53. The van der Waals surface area contributed by atoms with Crippen LogP contribution in [0, 0.1) is 6.92 Å². The van der Waals surface area contributed by atoms with Crippen LogP contribution < -0.4 is 11.1 Å². The number of halogens is 1. The number of anilines is 2. The number of likely N-dealkylation sites (N-methyl/N-ethyl adjacent to an activating group) is 1. The number of nitrogens with two attached hydrogens (primary N) is 1. The number of aryl methyl sites for hydroxylation is 1. The van der Waals surface area contributed by atoms with Crippen molar-refractivity contribution in [2.75, 3.05) is 38.2 Å². The number of benzene rings is 1. The van der Waals surface area contributed by atoms with Gasteiger partial charge in [-0.3, -0.25) is 0 Å². The third-order valence-electron chi connectivity index (χ3n) is 3.12. The van der Waals surface area contributed by atoms with Gasteiger partial charge >= 0.3 is 0 Å². The molecule has 0 saturated heterocycles. The van der Waals surface area contributed by atoms with Gasteiger partial charge < -0.3 is 16.0 Å². The molecule has 1 heterocycles. The summed E-state index contributed by atoms with van der Waals surface area (Å²) in [7, 11) is 4.10. The van der Waals surface area contributed by atoms with Gasteiger partial charge in [0.05, 0.1) is 0 Å². The maximum atomic E-state index is 6.17. The zero-order valence-electron chi connectivity index (χ0n) is 11.5. The van der Waals surface area contributed by atoms with Crippen LogP contribution in [0.5, 0.6) is 0 Å². The summed E-state index contributed by atoms with van der Waals surface area (Å²) in [6.07, 6.45) is 1.80. The Labute approximate surface area is 122 Å². The number of rotatable bonds is 4. The zero-order chi connectivity index (χ0) is 14.0. The highest BCUT2D eigenvalue weighted by Gasteiger charge is 2.10. The van der Waals surface area contributed by atoms with Crippen LogP contribution in [0.1, 0.15) is 5.56 Å². The summed E-state index contributed by atoms with van der Waals surface area (Å²) in [4.78, 5) is 6.57. The number of fused-ring (bicyclic) bond motifs is 1. The Morgan fingerprint density at radius 3 is 2.79 bits per heavy atom. The van der Waals surface area contributed by atoms with Crippen molar-refractivity contribution in [1.29, 1.82) is 0 Å². The molecule has 2 aromatic rings. The van der Waals surface area contributed by atoms with Crippen LogP contribution in [0.25, 0.3) is 10.8 Å². The monoisotopic (exact) mass is 322 g/mol. The Morgan fingerprint density at radius 2 is 2.11 bits per heavy atom. The third-order valence-corrected chi connectivity index (χ3v) is 3.72. The lowest BCUT2D eigenvalue weighted by molar-refractivity contribution is 0.425. The summed E-state index contributed by atoms with van der Waals surface area (Å²) in [6.45, 7) is 3.83. The molecule has 0 bridgehead atoms. The second kappa shape index (κ2) is 5.75. The molecule has 2 rings (SSSR count). The summed E-state index contributed by atoms with van der Waals surface area (Å²) < 4.78 is 0.932. The Hall–Kier alpha value is -1.33. The molecular weight excluding hydrogens is 304 g/mol. The lowest BCUT2D eigenvalue weighted by Gasteiger charge is -2.14. The van der Waals surface area contributed by atoms with Crippen molar-refractivity contribution >= 4 is 38.2 Å². The quantitative estimate of drug-likeness (QED) is 0.850. The van der Waals surface area contributed by atoms with Gasteiger partial charge in [-0.05, 0) is 42.5 Å². The molecule has 102 valence electrons. The molecule has 0 fully saturated rings. The van der Waals surface area contributed by atoms with Crippen molar-refractivity contribution in [2.45, 2.75) is 6.92 Å². The van der Waals surface area contributed by atoms with Crippen molar-refractivity contribution in [3.63, 3.8) is 0 Å². The van der Waals surface area contributed by atoms with E-state index in [2.05, 4.69) is 51.3 Å². The Kier molecular flexibility index (Phi) is 4.27. The van der Waals surface area contributed by atoms with E-state index in [9.17, 15) is 0 Å². The van der Waals surface area contributed by atoms with Gasteiger partial charge in [-0.1, -0.05) is 12.1 Å². The van der Waals surface area contributed by atoms with Crippen LogP contribution in [-0.4, -0.2) is 37.1 Å². The fourth-order valence-electron chi connectivity index (χ4n) is 1.97. The lowest BCUT2D eigenvalue weighted by Crippen LogP contribution is -2.21. The number of pyridine rings is 1. The molecule has 1 aromatic carbocycles. The fraction of sp³-hybridized carbons (Fsp3) is 0.357. The third kappa shape index (κ3) is 2.98. The van der Waals surface area contributed by atoms with Gasteiger partial charge in [0.1, 0.15) is 5.82 Å². The van der Waals surface area contributed by atoms with Crippen LogP contribution in [0.15, 0.2) is 22.8 Å². The summed E-state index contributed by atoms with van der Waals surface area (Å²) in [6, 6.07) is 4.10. The van der Waals surface area contributed by atoms with E-state index in [1.807, 2.05) is 13.0 Å². The molecule has 4 nitrogen and oxygen atoms in total. The number of nitrogen functional groups attached to an aromatic ring is 1. The average molecular weight is 323 g/mol. The molecule has 0 amide bonds. The van der Waals surface area contributed by atoms with Crippen molar-refractivity contribution in [3.8, 4) is 0 Å². The van der Waals surface area contributed by atoms with Gasteiger partial charge in [0.2, 0.25) is 0 Å². The standard InChI is InChI=1S/C14H19BrN4/c1-9-4-5-10-12(13(9)16)11(15)8-18-14(10)17-6-7-19(2)3/h4-5,8H,6-7,16H2,1-3H3,(H,17,18). The molecule has 0 spiro atoms. The van der Waals surface area contributed by atoms with E-state index < -0.39 is 0 Å². The largest absolute Gasteiger partial charge is 0.398 e. The SMILES string of the molecule is Cc1ccc2c(NCCN(C)C)ncc(Br)c2c1N. The first-order valence-corrected chi connectivity index (χ1v) is 7.02. The Balaban J connectivity index is 2.41. The van der Waals surface area contributed by atoms with Crippen molar-refractivity contribution in [2.24, 2.45) is 0 Å². The van der Waals surface area contributed by atoms with Gasteiger partial charge in [0, 0.05) is 40.2 Å². The van der Waals surface area contributed by atoms with Crippen LogP contribution in [0.4, 0.5) is 11.5 Å². The van der Waals surface area contributed by atoms with Crippen LogP contribution >= 0.6 is 15.9 Å². The normalized spacial score (nSPS) is 11.2. The molecule has 0 unspecified atom stereocenters. The fourth-order valence-corrected chi connectivity index (χ4v) is 2.50. The van der Waals surface area contributed by atoms with Crippen LogP contribution in [0.2, 0.25) is 0 Å². The van der Waals surface area contributed by atoms with E-state index in [1.54, 1.807) is 6.20 Å². The van der Waals surface area contributed by atoms with Crippen molar-refractivity contribution < 1.29 is 0 Å². The maximum absolute atomic E-state index is 6.17. The minimum atomic E-state index is 0.808. The molecule has 1 aromatic heterocycles. The summed E-state index contributed by atoms with van der Waals surface area (Å²) in [5.41, 5.74) is 8.06. The maximum Gasteiger partial charge on any atom is 0.134 e. The van der Waals surface area contributed by atoms with E-state index in [0.29, 0.717) is 0 Å². The first kappa shape index (κ1) is 14.1. The molecule has 0 aliphatic rings. The Bertz CT molecular complexity index is 596. The van der Waals surface area contributed by atoms with E-state index >= 15 is 0 Å². The van der Waals surface area contributed by atoms with Crippen molar-refractivity contribution in [3.05, 3.63) is 28.4 Å². The van der Waals surface area contributed by atoms with Gasteiger partial charge in [0.25, 0.3) is 0 Å². The second-order valence-corrected chi connectivity index (χ2v) is 5.76. The predicted molar refractivity (Wildman–Crippen MR) is 85.6 cm³/mol. The minimum Gasteiger partial charge on any atom is -0.398 e. The second-order valence-electron chi connectivity index (χ2n) is 4.90. The number of hydrogen-bond acceptors (Lipinski definition) is 4. The molecule has 5 heteroatoms. The number of aromatic nitrogens is 1. The van der Waals surface area contributed by atoms with E-state index in [0.717, 1.165) is 45.4 Å². The smallest absolute Gasteiger partial charge is 0.134 e. The van der Waals surface area contributed by atoms with Crippen molar-refractivity contribution in [1.82, 2.24) is 9.88 Å². The van der Waals surface area contributed by atoms with Crippen LogP contribution in [0.3, 0.4) is 0 Å². The van der Waals surface area contributed by atoms with Gasteiger partial charge in [-0.2, -0.15) is 0 Å². The predicted octanol–water partition coefficient (Wildman–Crippen LogP) is 2.86. The molecule has 0 saturated carbocycles. The molecule has 0 aliphatic carbocycles. The average Bonchev–Trinajstić information content (AvgIpc) is 2.35. The van der Waals surface area contributed by atoms with Gasteiger partial charge in [0.15, 0.2) is 0 Å². The lowest BCUT2D eigenvalue weighted by atomic mass is 10.1. The van der Waals surface area contributed by atoms with Gasteiger partial charge in [-0.25, -0.2) is 4.98 Å². The topological polar surface area (TPSA) is 54.2 Å². The number of hydrogen-bond donors (Lipinski definition) is 2. The Morgan fingerprint density at radius 1 is 1.37 bits per heavy atom. The highest BCUT2D eigenvalue weighted by molar-refractivity contribution is 9.10. The van der Waals surface area contributed by atoms with E-state index in [4.69, 9.17) is 5.73 Å². The summed E-state index contributed by atoms with van der Waals surface area (Å²) in [5.74, 6) is 0.881. The molecule has 3 N–H and O–H groups in total. The number of nitrogens with zero attached hydrogens (tertiary/aromatic N) is 2. The number of nitrogens with one attached hydrogen (secondary N) is 1. The first-order chi connectivity index (χ1) is 9.00. The van der Waals surface area contributed by atoms with Crippen LogP contribution in [-0.2, 0) is 0 Å². The molecule has 0 atom stereocenters. The minimum absolute atomic E-state index is 0.808. The zero-order valence-corrected chi connectivity index (χ0v) is 13.1. The first-order valence-electron chi connectivity index (χ1n) is 6.22. The highest BCUT2D eigenvalue weighted by Crippen LogP contribution is 2.34. The molecule has 0 radical (unpaired) electrons. The molecular formula is C14H19BrN4.